The molecule has 0 saturated heterocycles. The number of rotatable bonds is 6. The van der Waals surface area contributed by atoms with E-state index in [1.807, 2.05) is 26.0 Å². The van der Waals surface area contributed by atoms with Crippen molar-refractivity contribution in [3.8, 4) is 0 Å². The van der Waals surface area contributed by atoms with E-state index >= 15 is 0 Å². The molecule has 0 radical (unpaired) electrons. The summed E-state index contributed by atoms with van der Waals surface area (Å²) in [7, 11) is 0. The van der Waals surface area contributed by atoms with Gasteiger partial charge in [0.2, 0.25) is 0 Å². The van der Waals surface area contributed by atoms with E-state index in [0.29, 0.717) is 11.6 Å². The molecule has 10 nitrogen and oxygen atoms in total. The van der Waals surface area contributed by atoms with E-state index in [2.05, 4.69) is 5.32 Å². The maximum absolute atomic E-state index is 11.6. The summed E-state index contributed by atoms with van der Waals surface area (Å²) in [5.41, 5.74) is 1.48. The summed E-state index contributed by atoms with van der Waals surface area (Å²) in [4.78, 5) is 32.8. The number of hydrogen-bond acceptors (Lipinski definition) is 7. The maximum atomic E-state index is 11.6. The number of nitro benzene ring substituents is 2. The van der Waals surface area contributed by atoms with Crippen LogP contribution in [0.25, 0.3) is 0 Å². The van der Waals surface area contributed by atoms with E-state index in [1.54, 1.807) is 17.6 Å². The third-order valence-corrected chi connectivity index (χ3v) is 3.73. The van der Waals surface area contributed by atoms with E-state index < -0.39 is 27.1 Å². The molecule has 0 fully saturated rings. The zero-order valence-corrected chi connectivity index (χ0v) is 14.1. The molecule has 0 aliphatic rings. The molecular formula is C16H17N5O5. The quantitative estimate of drug-likeness (QED) is 0.310. The average Bonchev–Trinajstić information content (AvgIpc) is 2.61. The number of nitrogens with one attached hydrogen (secondary N) is 2. The van der Waals surface area contributed by atoms with Crippen molar-refractivity contribution in [3.63, 3.8) is 0 Å². The zero-order chi connectivity index (χ0) is 19.4. The fourth-order valence-corrected chi connectivity index (χ4v) is 2.34. The summed E-state index contributed by atoms with van der Waals surface area (Å²) >= 11 is 0. The van der Waals surface area contributed by atoms with Gasteiger partial charge in [0.15, 0.2) is 5.69 Å². The molecule has 136 valence electrons. The number of nitro groups is 2. The van der Waals surface area contributed by atoms with Crippen LogP contribution in [-0.4, -0.2) is 15.8 Å². The fraction of sp³-hybridized carbons (Fsp3) is 0.188. The van der Waals surface area contributed by atoms with Gasteiger partial charge >= 0.3 is 11.4 Å². The van der Waals surface area contributed by atoms with E-state index in [-0.39, 0.29) is 11.3 Å². The SMILES string of the molecule is CC(C)c1ccc(Nc2c([N+](=O)[O-])cc(C(=O)NN)cc2[N+](=O)[O-])cc1. The summed E-state index contributed by atoms with van der Waals surface area (Å²) in [6.07, 6.45) is 0. The van der Waals surface area contributed by atoms with Crippen LogP contribution < -0.4 is 16.6 Å². The van der Waals surface area contributed by atoms with Gasteiger partial charge in [-0.05, 0) is 23.6 Å². The summed E-state index contributed by atoms with van der Waals surface area (Å²) in [6, 6.07) is 8.84. The highest BCUT2D eigenvalue weighted by Gasteiger charge is 2.28. The van der Waals surface area contributed by atoms with Gasteiger partial charge in [-0.3, -0.25) is 30.4 Å². The summed E-state index contributed by atoms with van der Waals surface area (Å²) in [5, 5.41) is 25.5. The van der Waals surface area contributed by atoms with Crippen LogP contribution >= 0.6 is 0 Å². The third-order valence-electron chi connectivity index (χ3n) is 3.73. The van der Waals surface area contributed by atoms with Crippen LogP contribution in [0.1, 0.15) is 35.7 Å². The molecule has 26 heavy (non-hydrogen) atoms. The molecule has 0 aliphatic heterocycles. The molecule has 0 aliphatic carbocycles. The molecule has 0 bridgehead atoms. The van der Waals surface area contributed by atoms with Gasteiger partial charge in [0.05, 0.1) is 15.4 Å². The highest BCUT2D eigenvalue weighted by molar-refractivity contribution is 5.97. The van der Waals surface area contributed by atoms with Gasteiger partial charge in [-0.15, -0.1) is 0 Å². The largest absolute Gasteiger partial charge is 0.344 e. The second kappa shape index (κ2) is 7.57. The third kappa shape index (κ3) is 3.92. The Labute approximate surface area is 148 Å². The molecule has 0 spiro atoms. The van der Waals surface area contributed by atoms with Crippen molar-refractivity contribution in [1.29, 1.82) is 0 Å². The summed E-state index contributed by atoms with van der Waals surface area (Å²) in [6.45, 7) is 4.03. The van der Waals surface area contributed by atoms with Crippen molar-refractivity contribution in [2.75, 3.05) is 5.32 Å². The number of nitrogens with zero attached hydrogens (tertiary/aromatic N) is 2. The van der Waals surface area contributed by atoms with Gasteiger partial charge in [-0.2, -0.15) is 0 Å². The van der Waals surface area contributed by atoms with Crippen LogP contribution in [0.15, 0.2) is 36.4 Å². The molecule has 2 aromatic carbocycles. The van der Waals surface area contributed by atoms with E-state index in [9.17, 15) is 25.0 Å². The topological polar surface area (TPSA) is 153 Å². The van der Waals surface area contributed by atoms with Crippen molar-refractivity contribution in [1.82, 2.24) is 5.43 Å². The standard InChI is InChI=1S/C16H17N5O5/c1-9(2)10-3-5-12(6-4-10)18-15-13(20(23)24)7-11(16(22)19-17)8-14(15)21(25)26/h3-9,18H,17H2,1-2H3,(H,19,22). The summed E-state index contributed by atoms with van der Waals surface area (Å²) < 4.78 is 0. The van der Waals surface area contributed by atoms with Crippen LogP contribution in [-0.2, 0) is 0 Å². The monoisotopic (exact) mass is 359 g/mol. The zero-order valence-electron chi connectivity index (χ0n) is 14.1. The number of benzene rings is 2. The molecule has 0 atom stereocenters. The van der Waals surface area contributed by atoms with Crippen LogP contribution in [0.4, 0.5) is 22.7 Å². The number of hydrazine groups is 1. The number of amides is 1. The molecule has 2 aromatic rings. The molecule has 0 heterocycles. The first-order valence-corrected chi connectivity index (χ1v) is 7.59. The fourth-order valence-electron chi connectivity index (χ4n) is 2.34. The minimum Gasteiger partial charge on any atom is -0.344 e. The molecule has 1 amide bonds. The predicted octanol–water partition coefficient (Wildman–Crippen LogP) is 2.97. The molecule has 10 heteroatoms. The van der Waals surface area contributed by atoms with Crippen molar-refractivity contribution in [2.24, 2.45) is 5.84 Å². The Kier molecular flexibility index (Phi) is 5.48. The van der Waals surface area contributed by atoms with Crippen molar-refractivity contribution >= 4 is 28.7 Å². The van der Waals surface area contributed by atoms with E-state index in [1.165, 1.54) is 0 Å². The lowest BCUT2D eigenvalue weighted by Gasteiger charge is -2.11. The number of anilines is 2. The normalized spacial score (nSPS) is 10.5. The van der Waals surface area contributed by atoms with Crippen molar-refractivity contribution in [3.05, 3.63) is 67.8 Å². The van der Waals surface area contributed by atoms with Gasteiger partial charge in [0.25, 0.3) is 5.91 Å². The second-order valence-electron chi connectivity index (χ2n) is 5.78. The lowest BCUT2D eigenvalue weighted by Crippen LogP contribution is -2.30. The Morgan fingerprint density at radius 3 is 1.92 bits per heavy atom. The number of carbonyl (C=O) groups is 1. The first-order valence-electron chi connectivity index (χ1n) is 7.59. The molecule has 0 aromatic heterocycles. The Balaban J connectivity index is 2.56. The Morgan fingerprint density at radius 1 is 1.04 bits per heavy atom. The lowest BCUT2D eigenvalue weighted by molar-refractivity contribution is -0.392. The second-order valence-corrected chi connectivity index (χ2v) is 5.78. The Bertz CT molecular complexity index is 829. The minimum atomic E-state index is -0.871. The number of carbonyl (C=O) groups excluding carboxylic acids is 1. The van der Waals surface area contributed by atoms with Crippen LogP contribution in [0.2, 0.25) is 0 Å². The van der Waals surface area contributed by atoms with Gasteiger partial charge in [-0.1, -0.05) is 26.0 Å². The van der Waals surface area contributed by atoms with Crippen molar-refractivity contribution in [2.45, 2.75) is 19.8 Å². The molecule has 2 rings (SSSR count). The molecule has 0 unspecified atom stereocenters. The van der Waals surface area contributed by atoms with Gasteiger partial charge in [0, 0.05) is 17.8 Å². The predicted molar refractivity (Wildman–Crippen MR) is 95.2 cm³/mol. The van der Waals surface area contributed by atoms with Gasteiger partial charge in [-0.25, -0.2) is 5.84 Å². The Hall–Kier alpha value is -3.53. The highest BCUT2D eigenvalue weighted by Crippen LogP contribution is 2.38. The summed E-state index contributed by atoms with van der Waals surface area (Å²) in [5.74, 6) is 4.42. The number of nitrogen functional groups attached to an aromatic ring is 1. The minimum absolute atomic E-state index is 0.286. The molecule has 4 N–H and O–H groups in total. The maximum Gasteiger partial charge on any atom is 0.300 e. The number of nitrogens with two attached hydrogens (primary N) is 1. The van der Waals surface area contributed by atoms with Crippen LogP contribution in [0.5, 0.6) is 0 Å². The van der Waals surface area contributed by atoms with Crippen LogP contribution in [0.3, 0.4) is 0 Å². The Morgan fingerprint density at radius 2 is 1.54 bits per heavy atom. The average molecular weight is 359 g/mol. The number of hydrogen-bond donors (Lipinski definition) is 3. The first-order chi connectivity index (χ1) is 12.2. The molecular weight excluding hydrogens is 342 g/mol. The highest BCUT2D eigenvalue weighted by atomic mass is 16.6. The van der Waals surface area contributed by atoms with E-state index in [4.69, 9.17) is 5.84 Å². The van der Waals surface area contributed by atoms with Gasteiger partial charge < -0.3 is 5.32 Å². The molecule has 0 saturated carbocycles. The van der Waals surface area contributed by atoms with E-state index in [0.717, 1.165) is 17.7 Å². The van der Waals surface area contributed by atoms with Crippen LogP contribution in [0, 0.1) is 20.2 Å². The van der Waals surface area contributed by atoms with Crippen molar-refractivity contribution < 1.29 is 14.6 Å². The first kappa shape index (κ1) is 18.8. The smallest absolute Gasteiger partial charge is 0.300 e. The lowest BCUT2D eigenvalue weighted by atomic mass is 10.0. The van der Waals surface area contributed by atoms with Gasteiger partial charge in [0.1, 0.15) is 0 Å².